The van der Waals surface area contributed by atoms with E-state index < -0.39 is 0 Å². The first-order chi connectivity index (χ1) is 7.25. The van der Waals surface area contributed by atoms with Crippen molar-refractivity contribution in [2.75, 3.05) is 0 Å². The van der Waals surface area contributed by atoms with E-state index in [9.17, 15) is 5.11 Å². The summed E-state index contributed by atoms with van der Waals surface area (Å²) in [5.41, 5.74) is 0. The minimum atomic E-state index is 0.0810. The van der Waals surface area contributed by atoms with Gasteiger partial charge in [0.2, 0.25) is 0 Å². The van der Waals surface area contributed by atoms with E-state index in [0.29, 0.717) is 16.5 Å². The third-order valence-electron chi connectivity index (χ3n) is 1.77. The second-order valence-corrected chi connectivity index (χ2v) is 3.35. The molecular weight excluding hydrogens is 214 g/mol. The van der Waals surface area contributed by atoms with Crippen LogP contribution in [0.3, 0.4) is 0 Å². The average molecular weight is 222 g/mol. The normalized spacial score (nSPS) is 9.93. The second-order valence-electron chi connectivity index (χ2n) is 2.91. The van der Waals surface area contributed by atoms with Crippen molar-refractivity contribution in [2.45, 2.75) is 0 Å². The van der Waals surface area contributed by atoms with Gasteiger partial charge in [0.15, 0.2) is 11.5 Å². The molecule has 0 saturated carbocycles. The van der Waals surface area contributed by atoms with E-state index in [0.717, 1.165) is 0 Å². The zero-order chi connectivity index (χ0) is 10.7. The van der Waals surface area contributed by atoms with Crippen LogP contribution in [0.25, 0.3) is 0 Å². The van der Waals surface area contributed by atoms with Crippen LogP contribution in [0.1, 0.15) is 0 Å². The molecule has 0 aliphatic rings. The molecule has 4 heteroatoms. The summed E-state index contributed by atoms with van der Waals surface area (Å²) in [4.78, 5) is 3.87. The van der Waals surface area contributed by atoms with E-state index >= 15 is 0 Å². The van der Waals surface area contributed by atoms with Gasteiger partial charge in [-0.1, -0.05) is 23.7 Å². The summed E-state index contributed by atoms with van der Waals surface area (Å²) in [6.07, 6.45) is 3.04. The Bertz CT molecular complexity index is 474. The molecule has 1 N–H and O–H groups in total. The van der Waals surface area contributed by atoms with Gasteiger partial charge in [-0.2, -0.15) is 0 Å². The first-order valence-corrected chi connectivity index (χ1v) is 4.70. The second kappa shape index (κ2) is 4.19. The van der Waals surface area contributed by atoms with Gasteiger partial charge in [0, 0.05) is 12.3 Å². The summed E-state index contributed by atoms with van der Waals surface area (Å²) in [5, 5.41) is 9.95. The largest absolute Gasteiger partial charge is 0.504 e. The Balaban J connectivity index is 2.26. The third kappa shape index (κ3) is 2.39. The first-order valence-electron chi connectivity index (χ1n) is 4.32. The monoisotopic (exact) mass is 221 g/mol. The maximum absolute atomic E-state index is 9.46. The predicted octanol–water partition coefficient (Wildman–Crippen LogP) is 3.23. The molecule has 3 nitrogen and oxygen atoms in total. The number of phenols is 1. The quantitative estimate of drug-likeness (QED) is 0.847. The summed E-state index contributed by atoms with van der Waals surface area (Å²) >= 11 is 5.75. The topological polar surface area (TPSA) is 42.4 Å². The lowest BCUT2D eigenvalue weighted by Gasteiger charge is -2.06. The van der Waals surface area contributed by atoms with Crippen LogP contribution in [0.2, 0.25) is 5.02 Å². The van der Waals surface area contributed by atoms with Gasteiger partial charge >= 0.3 is 0 Å². The number of hydrogen-bond donors (Lipinski definition) is 1. The van der Waals surface area contributed by atoms with Crippen LogP contribution >= 0.6 is 11.6 Å². The molecule has 1 aromatic carbocycles. The molecule has 0 aliphatic carbocycles. The van der Waals surface area contributed by atoms with Crippen molar-refractivity contribution in [1.29, 1.82) is 0 Å². The first kappa shape index (κ1) is 9.80. The standard InChI is InChI=1S/C11H8ClNO2/c12-8-5-9(7-13-6-8)15-11-4-2-1-3-10(11)14/h1-7,14H. The van der Waals surface area contributed by atoms with E-state index in [1.807, 2.05) is 0 Å². The number of phenolic OH excluding ortho intramolecular Hbond substituents is 1. The average Bonchev–Trinajstić information content (AvgIpc) is 2.22. The molecule has 1 aromatic heterocycles. The fourth-order valence-corrected chi connectivity index (χ4v) is 1.28. The minimum Gasteiger partial charge on any atom is -0.504 e. The lowest BCUT2D eigenvalue weighted by Crippen LogP contribution is -1.85. The number of para-hydroxylation sites is 2. The third-order valence-corrected chi connectivity index (χ3v) is 1.98. The molecule has 0 atom stereocenters. The SMILES string of the molecule is Oc1ccccc1Oc1cncc(Cl)c1. The molecule has 2 rings (SSSR count). The molecule has 0 saturated heterocycles. The van der Waals surface area contributed by atoms with Crippen LogP contribution in [0.5, 0.6) is 17.2 Å². The Morgan fingerprint density at radius 3 is 2.73 bits per heavy atom. The summed E-state index contributed by atoms with van der Waals surface area (Å²) in [5.74, 6) is 0.947. The number of rotatable bonds is 2. The number of aromatic hydroxyl groups is 1. The minimum absolute atomic E-state index is 0.0810. The number of ether oxygens (including phenoxy) is 1. The van der Waals surface area contributed by atoms with Crippen LogP contribution < -0.4 is 4.74 Å². The highest BCUT2D eigenvalue weighted by Crippen LogP contribution is 2.30. The summed E-state index contributed by atoms with van der Waals surface area (Å²) in [6.45, 7) is 0. The molecule has 0 unspecified atom stereocenters. The van der Waals surface area contributed by atoms with Crippen molar-refractivity contribution in [3.63, 3.8) is 0 Å². The number of nitrogens with zero attached hydrogens (tertiary/aromatic N) is 1. The van der Waals surface area contributed by atoms with Gasteiger partial charge in [0.05, 0.1) is 11.2 Å². The fraction of sp³-hybridized carbons (Fsp3) is 0. The van der Waals surface area contributed by atoms with Crippen LogP contribution in [-0.4, -0.2) is 10.1 Å². The van der Waals surface area contributed by atoms with E-state index in [4.69, 9.17) is 16.3 Å². The number of aromatic nitrogens is 1. The zero-order valence-corrected chi connectivity index (χ0v) is 8.48. The Hall–Kier alpha value is -1.74. The molecule has 0 aliphatic heterocycles. The number of pyridine rings is 1. The zero-order valence-electron chi connectivity index (χ0n) is 7.72. The predicted molar refractivity (Wildman–Crippen MR) is 57.4 cm³/mol. The molecule has 76 valence electrons. The molecule has 0 spiro atoms. The van der Waals surface area contributed by atoms with Crippen LogP contribution in [-0.2, 0) is 0 Å². The van der Waals surface area contributed by atoms with Gasteiger partial charge in [-0.25, -0.2) is 0 Å². The Kier molecular flexibility index (Phi) is 2.74. The van der Waals surface area contributed by atoms with Crippen molar-refractivity contribution in [2.24, 2.45) is 0 Å². The van der Waals surface area contributed by atoms with Crippen LogP contribution in [0, 0.1) is 0 Å². The van der Waals surface area contributed by atoms with E-state index in [2.05, 4.69) is 4.98 Å². The highest BCUT2D eigenvalue weighted by atomic mass is 35.5. The van der Waals surface area contributed by atoms with Gasteiger partial charge < -0.3 is 9.84 Å². The van der Waals surface area contributed by atoms with Gasteiger partial charge in [0.25, 0.3) is 0 Å². The van der Waals surface area contributed by atoms with Crippen LogP contribution in [0.4, 0.5) is 0 Å². The number of benzene rings is 1. The van der Waals surface area contributed by atoms with Crippen molar-refractivity contribution >= 4 is 11.6 Å². The lowest BCUT2D eigenvalue weighted by atomic mass is 10.3. The number of halogens is 1. The molecule has 0 radical (unpaired) electrons. The van der Waals surface area contributed by atoms with Crippen LogP contribution in [0.15, 0.2) is 42.7 Å². The molecule has 0 fully saturated rings. The van der Waals surface area contributed by atoms with Gasteiger partial charge in [0.1, 0.15) is 5.75 Å². The highest BCUT2D eigenvalue weighted by molar-refractivity contribution is 6.30. The number of hydrogen-bond acceptors (Lipinski definition) is 3. The Morgan fingerprint density at radius 2 is 2.00 bits per heavy atom. The molecule has 15 heavy (non-hydrogen) atoms. The smallest absolute Gasteiger partial charge is 0.169 e. The Labute approximate surface area is 91.9 Å². The molecule has 2 aromatic rings. The molecule has 1 heterocycles. The van der Waals surface area contributed by atoms with Gasteiger partial charge in [-0.05, 0) is 12.1 Å². The fourth-order valence-electron chi connectivity index (χ4n) is 1.12. The summed E-state index contributed by atoms with van der Waals surface area (Å²) in [6, 6.07) is 8.33. The van der Waals surface area contributed by atoms with Crippen molar-refractivity contribution in [1.82, 2.24) is 4.98 Å². The summed E-state index contributed by atoms with van der Waals surface area (Å²) in [7, 11) is 0. The Morgan fingerprint density at radius 1 is 1.20 bits per heavy atom. The van der Waals surface area contributed by atoms with Crippen molar-refractivity contribution in [3.8, 4) is 17.2 Å². The van der Waals surface area contributed by atoms with Crippen molar-refractivity contribution < 1.29 is 9.84 Å². The highest BCUT2D eigenvalue weighted by Gasteiger charge is 2.02. The van der Waals surface area contributed by atoms with Crippen molar-refractivity contribution in [3.05, 3.63) is 47.7 Å². The molecule has 0 amide bonds. The maximum Gasteiger partial charge on any atom is 0.169 e. The molecule has 0 bridgehead atoms. The van der Waals surface area contributed by atoms with E-state index in [1.165, 1.54) is 12.4 Å². The summed E-state index contributed by atoms with van der Waals surface area (Å²) < 4.78 is 5.39. The van der Waals surface area contributed by atoms with E-state index in [-0.39, 0.29) is 5.75 Å². The van der Waals surface area contributed by atoms with Gasteiger partial charge in [-0.15, -0.1) is 0 Å². The lowest BCUT2D eigenvalue weighted by molar-refractivity contribution is 0.410. The van der Waals surface area contributed by atoms with E-state index in [1.54, 1.807) is 30.3 Å². The van der Waals surface area contributed by atoms with Gasteiger partial charge in [-0.3, -0.25) is 4.98 Å². The molecular formula is C11H8ClNO2. The maximum atomic E-state index is 9.46.